The van der Waals surface area contributed by atoms with Gasteiger partial charge in [-0.3, -0.25) is 9.08 Å². The van der Waals surface area contributed by atoms with Gasteiger partial charge in [-0.05, 0) is 0 Å². The predicted octanol–water partition coefficient (Wildman–Crippen LogP) is 0.304. The third-order valence-electron chi connectivity index (χ3n) is 1.95. The molecule has 1 fully saturated rings. The second kappa shape index (κ2) is 4.08. The zero-order valence-corrected chi connectivity index (χ0v) is 8.69. The Hall–Kier alpha value is -0.270. The lowest BCUT2D eigenvalue weighted by atomic mass is 10.3. The first kappa shape index (κ1) is 11.8. The molecule has 1 saturated heterocycles. The lowest BCUT2D eigenvalue weighted by Gasteiger charge is -2.14. The maximum atomic E-state index is 12.7. The second-order valence-corrected chi connectivity index (χ2v) is 5.05. The molecule has 0 saturated carbocycles. The highest BCUT2D eigenvalue weighted by atomic mass is 32.2. The Kier molecular flexibility index (Phi) is 3.44. The maximum absolute atomic E-state index is 12.7. The zero-order valence-electron chi connectivity index (χ0n) is 7.87. The summed E-state index contributed by atoms with van der Waals surface area (Å²) in [5.74, 6) is -2.63. The second-order valence-electron chi connectivity index (χ2n) is 3.41. The van der Waals surface area contributed by atoms with E-state index in [0.717, 1.165) is 6.26 Å². The van der Waals surface area contributed by atoms with E-state index in [1.165, 1.54) is 4.90 Å². The molecule has 0 bridgehead atoms. The smallest absolute Gasteiger partial charge is 0.264 e. The van der Waals surface area contributed by atoms with E-state index in [-0.39, 0.29) is 26.1 Å². The van der Waals surface area contributed by atoms with E-state index >= 15 is 0 Å². The monoisotopic (exact) mass is 229 g/mol. The summed E-state index contributed by atoms with van der Waals surface area (Å²) < 4.78 is 50.8. The van der Waals surface area contributed by atoms with Crippen molar-refractivity contribution in [2.75, 3.05) is 32.5 Å². The summed E-state index contributed by atoms with van der Waals surface area (Å²) in [6, 6.07) is 0. The predicted molar refractivity (Wildman–Crippen MR) is 46.8 cm³/mol. The molecule has 14 heavy (non-hydrogen) atoms. The molecule has 0 aromatic carbocycles. The molecule has 1 rings (SSSR count). The SMILES string of the molecule is CS(=O)(=O)OCCN1CCC(F)(F)C1. The van der Waals surface area contributed by atoms with Crippen LogP contribution in [0.15, 0.2) is 0 Å². The highest BCUT2D eigenvalue weighted by molar-refractivity contribution is 7.85. The Balaban J connectivity index is 2.22. The summed E-state index contributed by atoms with van der Waals surface area (Å²) in [6.07, 6.45) is 0.775. The maximum Gasteiger partial charge on any atom is 0.264 e. The number of likely N-dealkylation sites (tertiary alicyclic amines) is 1. The Morgan fingerprint density at radius 2 is 2.14 bits per heavy atom. The topological polar surface area (TPSA) is 46.6 Å². The number of hydrogen-bond acceptors (Lipinski definition) is 4. The van der Waals surface area contributed by atoms with E-state index < -0.39 is 16.0 Å². The van der Waals surface area contributed by atoms with E-state index in [1.54, 1.807) is 0 Å². The lowest BCUT2D eigenvalue weighted by molar-refractivity contribution is 0.0114. The van der Waals surface area contributed by atoms with Crippen molar-refractivity contribution in [1.82, 2.24) is 4.90 Å². The molecule has 0 aromatic rings. The van der Waals surface area contributed by atoms with Crippen molar-refractivity contribution in [3.05, 3.63) is 0 Å². The van der Waals surface area contributed by atoms with Crippen molar-refractivity contribution in [2.24, 2.45) is 0 Å². The van der Waals surface area contributed by atoms with Crippen LogP contribution in [0.2, 0.25) is 0 Å². The minimum Gasteiger partial charge on any atom is -0.295 e. The highest BCUT2D eigenvalue weighted by Gasteiger charge is 2.37. The van der Waals surface area contributed by atoms with Crippen LogP contribution >= 0.6 is 0 Å². The molecule has 1 heterocycles. The van der Waals surface area contributed by atoms with Crippen LogP contribution in [0.4, 0.5) is 8.78 Å². The van der Waals surface area contributed by atoms with E-state index in [4.69, 9.17) is 0 Å². The molecule has 0 aromatic heterocycles. The van der Waals surface area contributed by atoms with Crippen LogP contribution in [0, 0.1) is 0 Å². The van der Waals surface area contributed by atoms with Gasteiger partial charge >= 0.3 is 0 Å². The molecule has 0 atom stereocenters. The van der Waals surface area contributed by atoms with Gasteiger partial charge in [0.1, 0.15) is 0 Å². The van der Waals surface area contributed by atoms with Crippen molar-refractivity contribution in [1.29, 1.82) is 0 Å². The molecule has 0 amide bonds. The molecule has 1 aliphatic heterocycles. The molecule has 0 spiro atoms. The molecule has 1 aliphatic rings. The van der Waals surface area contributed by atoms with Gasteiger partial charge in [0.25, 0.3) is 16.0 Å². The molecular weight excluding hydrogens is 216 g/mol. The van der Waals surface area contributed by atoms with E-state index in [1.807, 2.05) is 0 Å². The average Bonchev–Trinajstić information content (AvgIpc) is 2.27. The fraction of sp³-hybridized carbons (Fsp3) is 1.00. The average molecular weight is 229 g/mol. The molecule has 7 heteroatoms. The first-order valence-corrected chi connectivity index (χ1v) is 6.05. The molecule has 0 unspecified atom stereocenters. The molecule has 0 aliphatic carbocycles. The van der Waals surface area contributed by atoms with Crippen LogP contribution in [0.5, 0.6) is 0 Å². The molecule has 4 nitrogen and oxygen atoms in total. The summed E-state index contributed by atoms with van der Waals surface area (Å²) in [4.78, 5) is 1.49. The minimum atomic E-state index is -3.46. The van der Waals surface area contributed by atoms with Gasteiger partial charge in [-0.15, -0.1) is 0 Å². The summed E-state index contributed by atoms with van der Waals surface area (Å²) in [7, 11) is -3.46. The summed E-state index contributed by atoms with van der Waals surface area (Å²) >= 11 is 0. The number of hydrogen-bond donors (Lipinski definition) is 0. The highest BCUT2D eigenvalue weighted by Crippen LogP contribution is 2.26. The standard InChI is InChI=1S/C7H13F2NO3S/c1-14(11,12)13-5-4-10-3-2-7(8,9)6-10/h2-6H2,1H3. The van der Waals surface area contributed by atoms with Gasteiger partial charge in [0.15, 0.2) is 0 Å². The van der Waals surface area contributed by atoms with Crippen molar-refractivity contribution in [3.63, 3.8) is 0 Å². The largest absolute Gasteiger partial charge is 0.295 e. The third-order valence-corrected chi connectivity index (χ3v) is 2.55. The van der Waals surface area contributed by atoms with Crippen LogP contribution < -0.4 is 0 Å². The third kappa shape index (κ3) is 4.30. The Labute approximate surface area is 82.0 Å². The van der Waals surface area contributed by atoms with Crippen molar-refractivity contribution in [3.8, 4) is 0 Å². The van der Waals surface area contributed by atoms with Gasteiger partial charge in [-0.2, -0.15) is 8.42 Å². The quantitative estimate of drug-likeness (QED) is 0.651. The van der Waals surface area contributed by atoms with Crippen molar-refractivity contribution >= 4 is 10.1 Å². The van der Waals surface area contributed by atoms with Gasteiger partial charge in [0.05, 0.1) is 19.4 Å². The Bertz CT molecular complexity index is 291. The Morgan fingerprint density at radius 1 is 1.50 bits per heavy atom. The lowest BCUT2D eigenvalue weighted by Crippen LogP contribution is -2.29. The van der Waals surface area contributed by atoms with Crippen LogP contribution in [0.25, 0.3) is 0 Å². The first-order valence-electron chi connectivity index (χ1n) is 4.23. The normalized spacial score (nSPS) is 22.8. The minimum absolute atomic E-state index is 0.0606. The van der Waals surface area contributed by atoms with Gasteiger partial charge < -0.3 is 0 Å². The van der Waals surface area contributed by atoms with Crippen LogP contribution in [0.3, 0.4) is 0 Å². The summed E-state index contributed by atoms with van der Waals surface area (Å²) in [5, 5.41) is 0. The summed E-state index contributed by atoms with van der Waals surface area (Å²) in [6.45, 7) is 0.151. The van der Waals surface area contributed by atoms with E-state index in [0.29, 0.717) is 6.54 Å². The summed E-state index contributed by atoms with van der Waals surface area (Å²) in [5.41, 5.74) is 0. The van der Waals surface area contributed by atoms with Gasteiger partial charge in [-0.25, -0.2) is 8.78 Å². The molecular formula is C7H13F2NO3S. The van der Waals surface area contributed by atoms with Gasteiger partial charge in [0.2, 0.25) is 0 Å². The first-order chi connectivity index (χ1) is 6.29. The fourth-order valence-corrected chi connectivity index (χ4v) is 1.69. The van der Waals surface area contributed by atoms with Crippen LogP contribution in [-0.4, -0.2) is 51.7 Å². The van der Waals surface area contributed by atoms with Crippen LogP contribution in [-0.2, 0) is 14.3 Å². The fourth-order valence-electron chi connectivity index (χ4n) is 1.32. The van der Waals surface area contributed by atoms with Gasteiger partial charge in [0, 0.05) is 19.5 Å². The zero-order chi connectivity index (χ0) is 10.8. The van der Waals surface area contributed by atoms with Crippen molar-refractivity contribution < 1.29 is 21.4 Å². The van der Waals surface area contributed by atoms with E-state index in [9.17, 15) is 17.2 Å². The number of nitrogens with zero attached hydrogens (tertiary/aromatic N) is 1. The number of rotatable bonds is 4. The van der Waals surface area contributed by atoms with E-state index in [2.05, 4.69) is 4.18 Å². The molecule has 0 radical (unpaired) electrons. The number of alkyl halides is 2. The van der Waals surface area contributed by atoms with Crippen LogP contribution in [0.1, 0.15) is 6.42 Å². The number of halogens is 2. The Morgan fingerprint density at radius 3 is 2.57 bits per heavy atom. The van der Waals surface area contributed by atoms with Gasteiger partial charge in [-0.1, -0.05) is 0 Å². The molecule has 84 valence electrons. The van der Waals surface area contributed by atoms with Crippen molar-refractivity contribution in [2.45, 2.75) is 12.3 Å². The molecule has 0 N–H and O–H groups in total.